The lowest BCUT2D eigenvalue weighted by Crippen LogP contribution is -1.93. The summed E-state index contributed by atoms with van der Waals surface area (Å²) in [4.78, 5) is 0. The van der Waals surface area contributed by atoms with E-state index in [9.17, 15) is 8.78 Å². The molecular weight excluding hydrogens is 236 g/mol. The molecule has 0 radical (unpaired) electrons. The Kier molecular flexibility index (Phi) is 3.46. The van der Waals surface area contributed by atoms with Crippen molar-refractivity contribution in [2.75, 3.05) is 12.8 Å². The molecule has 4 heteroatoms. The van der Waals surface area contributed by atoms with E-state index in [2.05, 4.69) is 0 Å². The van der Waals surface area contributed by atoms with Gasteiger partial charge in [0.15, 0.2) is 0 Å². The molecule has 2 N–H and O–H groups in total. The second-order valence-electron chi connectivity index (χ2n) is 3.88. The SMILES string of the molecule is COc1ccc(-c2cccc(N)c2)c(C(F)F)c1. The highest BCUT2D eigenvalue weighted by atomic mass is 19.3. The van der Waals surface area contributed by atoms with Gasteiger partial charge >= 0.3 is 0 Å². The Balaban J connectivity index is 2.56. The number of nitrogens with two attached hydrogens (primary N) is 1. The molecule has 18 heavy (non-hydrogen) atoms. The molecule has 0 aliphatic carbocycles. The summed E-state index contributed by atoms with van der Waals surface area (Å²) in [6, 6.07) is 11.5. The number of halogens is 2. The predicted molar refractivity (Wildman–Crippen MR) is 67.8 cm³/mol. The van der Waals surface area contributed by atoms with Gasteiger partial charge in [0, 0.05) is 11.3 Å². The van der Waals surface area contributed by atoms with Crippen LogP contribution in [0.1, 0.15) is 12.0 Å². The maximum Gasteiger partial charge on any atom is 0.264 e. The Morgan fingerprint density at radius 1 is 1.11 bits per heavy atom. The first-order valence-corrected chi connectivity index (χ1v) is 5.44. The molecule has 2 aromatic rings. The molecule has 0 aliphatic heterocycles. The van der Waals surface area contributed by atoms with Crippen LogP contribution in [0.3, 0.4) is 0 Å². The monoisotopic (exact) mass is 249 g/mol. The highest BCUT2D eigenvalue weighted by Gasteiger charge is 2.15. The van der Waals surface area contributed by atoms with E-state index in [0.717, 1.165) is 0 Å². The van der Waals surface area contributed by atoms with E-state index in [1.807, 2.05) is 0 Å². The zero-order chi connectivity index (χ0) is 13.1. The van der Waals surface area contributed by atoms with Crippen LogP contribution in [0.15, 0.2) is 42.5 Å². The van der Waals surface area contributed by atoms with Gasteiger partial charge in [-0.25, -0.2) is 8.78 Å². The van der Waals surface area contributed by atoms with Gasteiger partial charge in [-0.1, -0.05) is 18.2 Å². The van der Waals surface area contributed by atoms with Crippen molar-refractivity contribution in [3.63, 3.8) is 0 Å². The summed E-state index contributed by atoms with van der Waals surface area (Å²) in [7, 11) is 1.45. The van der Waals surface area contributed by atoms with Crippen molar-refractivity contribution in [2.24, 2.45) is 0 Å². The second kappa shape index (κ2) is 5.04. The van der Waals surface area contributed by atoms with Gasteiger partial charge < -0.3 is 10.5 Å². The van der Waals surface area contributed by atoms with Crippen LogP contribution < -0.4 is 10.5 Å². The van der Waals surface area contributed by atoms with Gasteiger partial charge in [0.2, 0.25) is 0 Å². The second-order valence-corrected chi connectivity index (χ2v) is 3.88. The first-order chi connectivity index (χ1) is 8.61. The van der Waals surface area contributed by atoms with Gasteiger partial charge in [-0.3, -0.25) is 0 Å². The number of hydrogen-bond acceptors (Lipinski definition) is 2. The van der Waals surface area contributed by atoms with E-state index in [1.54, 1.807) is 36.4 Å². The topological polar surface area (TPSA) is 35.2 Å². The minimum absolute atomic E-state index is 0.0556. The van der Waals surface area contributed by atoms with Gasteiger partial charge in [-0.2, -0.15) is 0 Å². The molecule has 94 valence electrons. The van der Waals surface area contributed by atoms with E-state index in [4.69, 9.17) is 10.5 Å². The molecule has 0 saturated heterocycles. The van der Waals surface area contributed by atoms with Gasteiger partial charge in [-0.05, 0) is 35.4 Å². The number of alkyl halides is 2. The van der Waals surface area contributed by atoms with Crippen LogP contribution >= 0.6 is 0 Å². The standard InChI is InChI=1S/C14H13F2NO/c1-18-11-5-6-12(13(8-11)14(15)16)9-3-2-4-10(17)7-9/h2-8,14H,17H2,1H3. The molecule has 2 nitrogen and oxygen atoms in total. The quantitative estimate of drug-likeness (QED) is 0.838. The Bertz CT molecular complexity index is 555. The number of rotatable bonds is 3. The molecule has 0 aromatic heterocycles. The number of nitrogen functional groups attached to an aromatic ring is 1. The maximum atomic E-state index is 13.0. The highest BCUT2D eigenvalue weighted by Crippen LogP contribution is 2.34. The van der Waals surface area contributed by atoms with Crippen LogP contribution in [0.25, 0.3) is 11.1 Å². The summed E-state index contributed by atoms with van der Waals surface area (Å²) >= 11 is 0. The van der Waals surface area contributed by atoms with E-state index >= 15 is 0 Å². The van der Waals surface area contributed by atoms with E-state index in [1.165, 1.54) is 13.2 Å². The molecule has 0 saturated carbocycles. The van der Waals surface area contributed by atoms with Crippen LogP contribution in [-0.2, 0) is 0 Å². The molecule has 0 heterocycles. The average Bonchev–Trinajstić information content (AvgIpc) is 2.38. The molecule has 0 aliphatic rings. The first-order valence-electron chi connectivity index (χ1n) is 5.44. The Morgan fingerprint density at radius 2 is 1.89 bits per heavy atom. The van der Waals surface area contributed by atoms with Crippen LogP contribution in [0.2, 0.25) is 0 Å². The van der Waals surface area contributed by atoms with Crippen molar-refractivity contribution in [1.82, 2.24) is 0 Å². The van der Waals surface area contributed by atoms with Crippen molar-refractivity contribution < 1.29 is 13.5 Å². The molecular formula is C14H13F2NO. The largest absolute Gasteiger partial charge is 0.497 e. The minimum Gasteiger partial charge on any atom is -0.497 e. The maximum absolute atomic E-state index is 13.0. The lowest BCUT2D eigenvalue weighted by Gasteiger charge is -2.11. The number of anilines is 1. The molecule has 0 amide bonds. The Labute approximate surface area is 104 Å². The van der Waals surface area contributed by atoms with E-state index < -0.39 is 6.43 Å². The summed E-state index contributed by atoms with van der Waals surface area (Å²) in [6.45, 7) is 0. The lowest BCUT2D eigenvalue weighted by atomic mass is 9.99. The zero-order valence-electron chi connectivity index (χ0n) is 9.86. The molecule has 0 bridgehead atoms. The van der Waals surface area contributed by atoms with Crippen molar-refractivity contribution in [3.8, 4) is 16.9 Å². The minimum atomic E-state index is -2.56. The predicted octanol–water partition coefficient (Wildman–Crippen LogP) is 3.88. The summed E-state index contributed by atoms with van der Waals surface area (Å²) in [5.74, 6) is 0.415. The highest BCUT2D eigenvalue weighted by molar-refractivity contribution is 5.71. The lowest BCUT2D eigenvalue weighted by molar-refractivity contribution is 0.151. The molecule has 0 atom stereocenters. The third kappa shape index (κ3) is 2.42. The third-order valence-corrected chi connectivity index (χ3v) is 2.69. The fourth-order valence-corrected chi connectivity index (χ4v) is 1.82. The summed E-state index contributed by atoms with van der Waals surface area (Å²) < 4.78 is 31.0. The fourth-order valence-electron chi connectivity index (χ4n) is 1.82. The zero-order valence-corrected chi connectivity index (χ0v) is 9.86. The first kappa shape index (κ1) is 12.4. The van der Waals surface area contributed by atoms with Crippen LogP contribution in [0.4, 0.5) is 14.5 Å². The number of hydrogen-bond donors (Lipinski definition) is 1. The van der Waals surface area contributed by atoms with Crippen LogP contribution in [-0.4, -0.2) is 7.11 Å². The number of benzene rings is 2. The third-order valence-electron chi connectivity index (χ3n) is 2.69. The average molecular weight is 249 g/mol. The van der Waals surface area contributed by atoms with Gasteiger partial charge in [0.1, 0.15) is 5.75 Å². The van der Waals surface area contributed by atoms with Crippen molar-refractivity contribution in [3.05, 3.63) is 48.0 Å². The number of methoxy groups -OCH3 is 1. The molecule has 2 aromatic carbocycles. The smallest absolute Gasteiger partial charge is 0.264 e. The van der Waals surface area contributed by atoms with Gasteiger partial charge in [0.05, 0.1) is 7.11 Å². The van der Waals surface area contributed by atoms with Gasteiger partial charge in [-0.15, -0.1) is 0 Å². The van der Waals surface area contributed by atoms with E-state index in [-0.39, 0.29) is 5.56 Å². The van der Waals surface area contributed by atoms with Gasteiger partial charge in [0.25, 0.3) is 6.43 Å². The van der Waals surface area contributed by atoms with Crippen LogP contribution in [0.5, 0.6) is 5.75 Å². The number of ether oxygens (including phenoxy) is 1. The van der Waals surface area contributed by atoms with Crippen molar-refractivity contribution in [1.29, 1.82) is 0 Å². The normalized spacial score (nSPS) is 10.7. The molecule has 0 spiro atoms. The Hall–Kier alpha value is -2.10. The molecule has 2 rings (SSSR count). The fraction of sp³-hybridized carbons (Fsp3) is 0.143. The van der Waals surface area contributed by atoms with Crippen LogP contribution in [0, 0.1) is 0 Å². The summed E-state index contributed by atoms with van der Waals surface area (Å²) in [5.41, 5.74) is 7.30. The molecule has 0 unspecified atom stereocenters. The van der Waals surface area contributed by atoms with Crippen molar-refractivity contribution in [2.45, 2.75) is 6.43 Å². The van der Waals surface area contributed by atoms with Crippen molar-refractivity contribution >= 4 is 5.69 Å². The molecule has 0 fully saturated rings. The van der Waals surface area contributed by atoms with E-state index in [0.29, 0.717) is 22.6 Å². The summed E-state index contributed by atoms with van der Waals surface area (Å²) in [6.07, 6.45) is -2.56. The Morgan fingerprint density at radius 3 is 2.50 bits per heavy atom. The summed E-state index contributed by atoms with van der Waals surface area (Å²) in [5, 5.41) is 0.